The molecule has 0 radical (unpaired) electrons. The molecule has 2 N–H and O–H groups in total. The van der Waals surface area contributed by atoms with E-state index in [4.69, 9.17) is 10.5 Å². The number of ether oxygens (including phenoxy) is 1. The Balaban J connectivity index is 2.09. The number of nitrogens with two attached hydrogens (primary N) is 1. The number of nitrogens with zero attached hydrogens (tertiary/aromatic N) is 2. The highest BCUT2D eigenvalue weighted by Gasteiger charge is 2.38. The van der Waals surface area contributed by atoms with Crippen LogP contribution in [0.3, 0.4) is 0 Å². The number of rotatable bonds is 2. The third kappa shape index (κ3) is 1.95. The van der Waals surface area contributed by atoms with Gasteiger partial charge in [0, 0.05) is 19.5 Å². The molecule has 0 aliphatic carbocycles. The minimum atomic E-state index is -0.462. The summed E-state index contributed by atoms with van der Waals surface area (Å²) in [6.07, 6.45) is 0.941. The van der Waals surface area contributed by atoms with Crippen LogP contribution in [0.4, 0.5) is 0 Å². The van der Waals surface area contributed by atoms with E-state index >= 15 is 0 Å². The summed E-state index contributed by atoms with van der Waals surface area (Å²) in [4.78, 5) is 22.8. The fraction of sp³-hybridized carbons (Fsp3) is 0.778. The van der Waals surface area contributed by atoms with E-state index in [-0.39, 0.29) is 5.91 Å². The summed E-state index contributed by atoms with van der Waals surface area (Å²) in [7, 11) is 0. The fourth-order valence-corrected chi connectivity index (χ4v) is 2.06. The van der Waals surface area contributed by atoms with Crippen LogP contribution in [0.25, 0.3) is 0 Å². The molecule has 0 bridgehead atoms. The summed E-state index contributed by atoms with van der Waals surface area (Å²) in [6.45, 7) is 2.48. The van der Waals surface area contributed by atoms with Crippen LogP contribution in [0.2, 0.25) is 0 Å². The van der Waals surface area contributed by atoms with Gasteiger partial charge in [-0.2, -0.15) is 0 Å². The molecule has 84 valence electrons. The minimum absolute atomic E-state index is 0.0132. The summed E-state index contributed by atoms with van der Waals surface area (Å²) in [5.74, 6) is -0.437. The molecule has 0 saturated carbocycles. The van der Waals surface area contributed by atoms with Crippen molar-refractivity contribution in [1.29, 1.82) is 0 Å². The second-order valence-corrected chi connectivity index (χ2v) is 3.76. The van der Waals surface area contributed by atoms with Crippen molar-refractivity contribution in [3.05, 3.63) is 0 Å². The molecule has 1 unspecified atom stereocenters. The molecule has 2 aliphatic rings. The molecular weight excluding hydrogens is 198 g/mol. The maximum atomic E-state index is 11.6. The second-order valence-electron chi connectivity index (χ2n) is 3.76. The summed E-state index contributed by atoms with van der Waals surface area (Å²) < 4.78 is 5.19. The maximum absolute atomic E-state index is 11.6. The zero-order valence-electron chi connectivity index (χ0n) is 8.52. The lowest BCUT2D eigenvalue weighted by molar-refractivity contribution is -0.160. The molecule has 0 aromatic carbocycles. The van der Waals surface area contributed by atoms with Crippen molar-refractivity contribution >= 4 is 11.8 Å². The Morgan fingerprint density at radius 1 is 1.40 bits per heavy atom. The van der Waals surface area contributed by atoms with E-state index in [2.05, 4.69) is 0 Å². The van der Waals surface area contributed by atoms with Crippen molar-refractivity contribution in [3.63, 3.8) is 0 Å². The van der Waals surface area contributed by atoms with Gasteiger partial charge in [0.15, 0.2) is 0 Å². The van der Waals surface area contributed by atoms with Crippen LogP contribution >= 0.6 is 0 Å². The predicted octanol–water partition coefficient (Wildman–Crippen LogP) is -1.29. The molecule has 6 heteroatoms. The molecule has 0 aromatic heterocycles. The van der Waals surface area contributed by atoms with E-state index in [9.17, 15) is 9.59 Å². The molecule has 2 fully saturated rings. The fourth-order valence-electron chi connectivity index (χ4n) is 2.06. The smallest absolute Gasteiger partial charge is 0.241 e. The zero-order valence-corrected chi connectivity index (χ0v) is 8.52. The summed E-state index contributed by atoms with van der Waals surface area (Å²) in [5, 5.41) is 3.39. The van der Waals surface area contributed by atoms with Gasteiger partial charge in [0.2, 0.25) is 11.8 Å². The van der Waals surface area contributed by atoms with Crippen LogP contribution in [0, 0.1) is 0 Å². The van der Waals surface area contributed by atoms with E-state index in [0.29, 0.717) is 39.1 Å². The molecule has 0 aromatic rings. The van der Waals surface area contributed by atoms with Gasteiger partial charge in [-0.05, 0) is 6.42 Å². The lowest BCUT2D eigenvalue weighted by Gasteiger charge is -2.37. The molecule has 15 heavy (non-hydrogen) atoms. The van der Waals surface area contributed by atoms with Gasteiger partial charge in [-0.1, -0.05) is 0 Å². The first kappa shape index (κ1) is 10.4. The normalized spacial score (nSPS) is 28.4. The molecular formula is C9H15N3O3. The molecule has 2 saturated heterocycles. The summed E-state index contributed by atoms with van der Waals surface area (Å²) in [5.41, 5.74) is 5.27. The van der Waals surface area contributed by atoms with Crippen LogP contribution in [0.15, 0.2) is 0 Å². The summed E-state index contributed by atoms with van der Waals surface area (Å²) >= 11 is 0. The van der Waals surface area contributed by atoms with Gasteiger partial charge in [0.1, 0.15) is 6.04 Å². The van der Waals surface area contributed by atoms with Crippen LogP contribution < -0.4 is 5.73 Å². The van der Waals surface area contributed by atoms with Gasteiger partial charge in [-0.3, -0.25) is 14.6 Å². The van der Waals surface area contributed by atoms with Crippen LogP contribution in [-0.2, 0) is 14.3 Å². The first-order chi connectivity index (χ1) is 7.20. The topological polar surface area (TPSA) is 75.9 Å². The van der Waals surface area contributed by atoms with Crippen molar-refractivity contribution in [3.8, 4) is 0 Å². The Morgan fingerprint density at radius 3 is 2.67 bits per heavy atom. The predicted molar refractivity (Wildman–Crippen MR) is 51.5 cm³/mol. The molecule has 2 amide bonds. The minimum Gasteiger partial charge on any atom is -0.379 e. The lowest BCUT2D eigenvalue weighted by atomic mass is 10.2. The number of amides is 2. The highest BCUT2D eigenvalue weighted by molar-refractivity contribution is 5.89. The summed E-state index contributed by atoms with van der Waals surface area (Å²) in [6, 6.07) is -0.462. The Bertz CT molecular complexity index is 276. The number of hydrogen-bond donors (Lipinski definition) is 1. The maximum Gasteiger partial charge on any atom is 0.241 e. The first-order valence-electron chi connectivity index (χ1n) is 5.14. The van der Waals surface area contributed by atoms with Gasteiger partial charge >= 0.3 is 0 Å². The Morgan fingerprint density at radius 2 is 2.07 bits per heavy atom. The standard InChI is InChI=1S/C9H15N3O3/c10-9(14)7-1-2-8(13)12(7)11-3-5-15-6-4-11/h7H,1-6H2,(H2,10,14). The number of carbonyl (C=O) groups is 2. The van der Waals surface area contributed by atoms with Gasteiger partial charge < -0.3 is 10.5 Å². The van der Waals surface area contributed by atoms with E-state index < -0.39 is 11.9 Å². The number of morpholine rings is 1. The number of hydrazine groups is 1. The Labute approximate surface area is 87.9 Å². The van der Waals surface area contributed by atoms with E-state index in [1.807, 2.05) is 5.01 Å². The van der Waals surface area contributed by atoms with Crippen LogP contribution in [0.1, 0.15) is 12.8 Å². The van der Waals surface area contributed by atoms with Crippen molar-refractivity contribution < 1.29 is 14.3 Å². The van der Waals surface area contributed by atoms with Gasteiger partial charge in [-0.15, -0.1) is 0 Å². The molecule has 6 nitrogen and oxygen atoms in total. The van der Waals surface area contributed by atoms with Crippen LogP contribution in [0.5, 0.6) is 0 Å². The Hall–Kier alpha value is -1.14. The number of hydrogen-bond acceptors (Lipinski definition) is 4. The van der Waals surface area contributed by atoms with Crippen molar-refractivity contribution in [2.24, 2.45) is 5.73 Å². The highest BCUT2D eigenvalue weighted by atomic mass is 16.5. The van der Waals surface area contributed by atoms with Crippen molar-refractivity contribution in [1.82, 2.24) is 10.0 Å². The molecule has 1 atom stereocenters. The van der Waals surface area contributed by atoms with Gasteiger partial charge in [0.05, 0.1) is 13.2 Å². The monoisotopic (exact) mass is 213 g/mol. The lowest BCUT2D eigenvalue weighted by Crippen LogP contribution is -2.55. The molecule has 0 spiro atoms. The first-order valence-corrected chi connectivity index (χ1v) is 5.14. The van der Waals surface area contributed by atoms with E-state index in [0.717, 1.165) is 0 Å². The molecule has 2 aliphatic heterocycles. The number of primary amides is 1. The zero-order chi connectivity index (χ0) is 10.8. The quantitative estimate of drug-likeness (QED) is 0.619. The molecule has 2 rings (SSSR count). The molecule has 2 heterocycles. The van der Waals surface area contributed by atoms with Gasteiger partial charge in [-0.25, -0.2) is 5.01 Å². The van der Waals surface area contributed by atoms with Crippen LogP contribution in [-0.4, -0.2) is 54.2 Å². The van der Waals surface area contributed by atoms with E-state index in [1.165, 1.54) is 5.01 Å². The Kier molecular flexibility index (Phi) is 2.88. The second kappa shape index (κ2) is 4.16. The average molecular weight is 213 g/mol. The van der Waals surface area contributed by atoms with Gasteiger partial charge in [0.25, 0.3) is 0 Å². The third-order valence-electron chi connectivity index (χ3n) is 2.80. The van der Waals surface area contributed by atoms with Crippen molar-refractivity contribution in [2.75, 3.05) is 26.3 Å². The van der Waals surface area contributed by atoms with E-state index in [1.54, 1.807) is 0 Å². The SMILES string of the molecule is NC(=O)C1CCC(=O)N1N1CCOCC1. The average Bonchev–Trinajstić information content (AvgIpc) is 2.61. The van der Waals surface area contributed by atoms with Crippen molar-refractivity contribution in [2.45, 2.75) is 18.9 Å². The third-order valence-corrected chi connectivity index (χ3v) is 2.80. The highest BCUT2D eigenvalue weighted by Crippen LogP contribution is 2.21. The number of carbonyl (C=O) groups excluding carboxylic acids is 2. The largest absolute Gasteiger partial charge is 0.379 e.